The third-order valence-electron chi connectivity index (χ3n) is 3.14. The third-order valence-corrected chi connectivity index (χ3v) is 3.14. The molecule has 0 amide bonds. The van der Waals surface area contributed by atoms with Gasteiger partial charge in [0, 0.05) is 18.0 Å². The fraction of sp³-hybridized carbons (Fsp3) is 0.667. The molecule has 1 aliphatic carbocycles. The van der Waals surface area contributed by atoms with Crippen molar-refractivity contribution < 1.29 is 4.74 Å². The first-order valence-electron chi connectivity index (χ1n) is 6.11. The van der Waals surface area contributed by atoms with Gasteiger partial charge < -0.3 is 10.1 Å². The molecule has 2 heterocycles. The van der Waals surface area contributed by atoms with E-state index in [0.717, 1.165) is 36.9 Å². The van der Waals surface area contributed by atoms with Gasteiger partial charge in [0.15, 0.2) is 0 Å². The van der Waals surface area contributed by atoms with Crippen molar-refractivity contribution in [3.05, 3.63) is 17.1 Å². The monoisotopic (exact) mass is 219 g/mol. The van der Waals surface area contributed by atoms with Gasteiger partial charge in [0.25, 0.3) is 0 Å². The molecule has 1 aliphatic heterocycles. The first kappa shape index (κ1) is 10.0. The van der Waals surface area contributed by atoms with Gasteiger partial charge >= 0.3 is 0 Å². The van der Waals surface area contributed by atoms with Crippen LogP contribution in [0, 0.1) is 0 Å². The van der Waals surface area contributed by atoms with Crippen LogP contribution in [-0.4, -0.2) is 23.1 Å². The van der Waals surface area contributed by atoms with Crippen LogP contribution in [0.4, 0.5) is 0 Å². The number of ether oxygens (including phenoxy) is 1. The first-order valence-corrected chi connectivity index (χ1v) is 6.11. The van der Waals surface area contributed by atoms with E-state index in [0.29, 0.717) is 12.5 Å². The molecule has 2 aliphatic rings. The highest BCUT2D eigenvalue weighted by Crippen LogP contribution is 2.39. The van der Waals surface area contributed by atoms with Crippen molar-refractivity contribution in [2.24, 2.45) is 0 Å². The lowest BCUT2D eigenvalue weighted by molar-refractivity contribution is 0.318. The highest BCUT2D eigenvalue weighted by atomic mass is 16.5. The summed E-state index contributed by atoms with van der Waals surface area (Å²) in [5, 5.41) is 3.35. The molecule has 1 aromatic rings. The lowest BCUT2D eigenvalue weighted by Crippen LogP contribution is -2.26. The van der Waals surface area contributed by atoms with E-state index in [-0.39, 0.29) is 0 Å². The third kappa shape index (κ3) is 1.78. The van der Waals surface area contributed by atoms with Crippen LogP contribution < -0.4 is 10.1 Å². The topological polar surface area (TPSA) is 47.0 Å². The Kier molecular flexibility index (Phi) is 2.52. The zero-order chi connectivity index (χ0) is 11.0. The number of nitrogens with zero attached hydrogens (tertiary/aromatic N) is 2. The molecule has 0 saturated heterocycles. The van der Waals surface area contributed by atoms with Gasteiger partial charge in [0.1, 0.15) is 5.82 Å². The van der Waals surface area contributed by atoms with Crippen molar-refractivity contribution >= 4 is 0 Å². The quantitative estimate of drug-likeness (QED) is 0.834. The summed E-state index contributed by atoms with van der Waals surface area (Å²) in [4.78, 5) is 9.24. The van der Waals surface area contributed by atoms with Gasteiger partial charge in [-0.1, -0.05) is 0 Å². The van der Waals surface area contributed by atoms with Gasteiger partial charge in [0.05, 0.1) is 12.3 Å². The smallest absolute Gasteiger partial charge is 0.220 e. The average molecular weight is 219 g/mol. The zero-order valence-electron chi connectivity index (χ0n) is 9.62. The molecular formula is C12H17N3O. The minimum Gasteiger partial charge on any atom is -0.478 e. The van der Waals surface area contributed by atoms with Crippen molar-refractivity contribution in [3.8, 4) is 5.88 Å². The maximum atomic E-state index is 5.64. The van der Waals surface area contributed by atoms with Gasteiger partial charge in [0.2, 0.25) is 5.88 Å². The van der Waals surface area contributed by atoms with E-state index >= 15 is 0 Å². The largest absolute Gasteiger partial charge is 0.478 e. The lowest BCUT2D eigenvalue weighted by atomic mass is 10.1. The average Bonchev–Trinajstić information content (AvgIpc) is 3.13. The van der Waals surface area contributed by atoms with E-state index in [1.54, 1.807) is 0 Å². The predicted molar refractivity (Wildman–Crippen MR) is 60.6 cm³/mol. The highest BCUT2D eigenvalue weighted by molar-refractivity contribution is 5.34. The number of hydrogen-bond donors (Lipinski definition) is 1. The zero-order valence-corrected chi connectivity index (χ0v) is 9.62. The van der Waals surface area contributed by atoms with Crippen LogP contribution in [0.15, 0.2) is 0 Å². The van der Waals surface area contributed by atoms with Crippen molar-refractivity contribution in [3.63, 3.8) is 0 Å². The standard InChI is InChI=1S/C12H17N3O/c1-2-16-12-9-5-6-13-7-10(9)14-11(15-12)8-3-4-8/h8,13H,2-7H2,1H3. The summed E-state index contributed by atoms with van der Waals surface area (Å²) in [5.74, 6) is 2.41. The molecule has 0 radical (unpaired) electrons. The van der Waals surface area contributed by atoms with Crippen LogP contribution >= 0.6 is 0 Å². The second kappa shape index (κ2) is 4.01. The summed E-state index contributed by atoms with van der Waals surface area (Å²) in [6.07, 6.45) is 3.45. The van der Waals surface area contributed by atoms with Crippen LogP contribution in [0.2, 0.25) is 0 Å². The summed E-state index contributed by atoms with van der Waals surface area (Å²) in [6, 6.07) is 0. The molecule has 1 aromatic heterocycles. The van der Waals surface area contributed by atoms with E-state index < -0.39 is 0 Å². The second-order valence-corrected chi connectivity index (χ2v) is 4.45. The minimum atomic E-state index is 0.589. The maximum absolute atomic E-state index is 5.64. The van der Waals surface area contributed by atoms with E-state index in [2.05, 4.69) is 15.3 Å². The van der Waals surface area contributed by atoms with Crippen LogP contribution in [0.5, 0.6) is 5.88 Å². The van der Waals surface area contributed by atoms with E-state index in [1.165, 1.54) is 18.4 Å². The maximum Gasteiger partial charge on any atom is 0.220 e. The summed E-state index contributed by atoms with van der Waals surface area (Å²) in [5.41, 5.74) is 2.36. The Morgan fingerprint density at radius 3 is 3.00 bits per heavy atom. The Labute approximate surface area is 95.4 Å². The van der Waals surface area contributed by atoms with Crippen molar-refractivity contribution in [2.45, 2.75) is 38.6 Å². The van der Waals surface area contributed by atoms with E-state index in [1.807, 2.05) is 6.92 Å². The minimum absolute atomic E-state index is 0.589. The van der Waals surface area contributed by atoms with E-state index in [4.69, 9.17) is 4.74 Å². The lowest BCUT2D eigenvalue weighted by Gasteiger charge is -2.19. The van der Waals surface area contributed by atoms with Gasteiger partial charge in [-0.15, -0.1) is 0 Å². The van der Waals surface area contributed by atoms with Crippen molar-refractivity contribution in [1.29, 1.82) is 0 Å². The Morgan fingerprint density at radius 2 is 2.25 bits per heavy atom. The predicted octanol–water partition coefficient (Wildman–Crippen LogP) is 1.40. The molecule has 4 nitrogen and oxygen atoms in total. The summed E-state index contributed by atoms with van der Waals surface area (Å²) >= 11 is 0. The van der Waals surface area contributed by atoms with Crippen LogP contribution in [-0.2, 0) is 13.0 Å². The van der Waals surface area contributed by atoms with Crippen LogP contribution in [0.25, 0.3) is 0 Å². The number of rotatable bonds is 3. The molecule has 1 fully saturated rings. The van der Waals surface area contributed by atoms with Crippen LogP contribution in [0.3, 0.4) is 0 Å². The van der Waals surface area contributed by atoms with Gasteiger partial charge in [-0.05, 0) is 32.7 Å². The molecule has 0 atom stereocenters. The molecule has 1 N–H and O–H groups in total. The Balaban J connectivity index is 2.01. The molecule has 0 spiro atoms. The number of nitrogens with one attached hydrogen (secondary N) is 1. The Bertz CT molecular complexity index is 401. The fourth-order valence-corrected chi connectivity index (χ4v) is 2.12. The highest BCUT2D eigenvalue weighted by Gasteiger charge is 2.29. The van der Waals surface area contributed by atoms with Gasteiger partial charge in [-0.3, -0.25) is 0 Å². The van der Waals surface area contributed by atoms with E-state index in [9.17, 15) is 0 Å². The summed E-state index contributed by atoms with van der Waals surface area (Å²) in [6.45, 7) is 4.55. The van der Waals surface area contributed by atoms with Gasteiger partial charge in [-0.25, -0.2) is 4.98 Å². The normalized spacial score (nSPS) is 19.3. The van der Waals surface area contributed by atoms with Crippen molar-refractivity contribution in [2.75, 3.05) is 13.2 Å². The fourth-order valence-electron chi connectivity index (χ4n) is 2.12. The molecule has 0 unspecified atom stereocenters. The first-order chi connectivity index (χ1) is 7.88. The second-order valence-electron chi connectivity index (χ2n) is 4.45. The Hall–Kier alpha value is -1.16. The molecule has 3 rings (SSSR count). The summed E-state index contributed by atoms with van der Waals surface area (Å²) in [7, 11) is 0. The summed E-state index contributed by atoms with van der Waals surface area (Å²) < 4.78 is 5.64. The SMILES string of the molecule is CCOc1nc(C2CC2)nc2c1CCNC2. The molecule has 4 heteroatoms. The molecule has 16 heavy (non-hydrogen) atoms. The number of aromatic nitrogens is 2. The molecular weight excluding hydrogens is 202 g/mol. The van der Waals surface area contributed by atoms with Crippen molar-refractivity contribution in [1.82, 2.24) is 15.3 Å². The molecule has 0 bridgehead atoms. The number of hydrogen-bond acceptors (Lipinski definition) is 4. The number of fused-ring (bicyclic) bond motifs is 1. The molecule has 1 saturated carbocycles. The molecule has 0 aromatic carbocycles. The van der Waals surface area contributed by atoms with Gasteiger partial charge in [-0.2, -0.15) is 4.98 Å². The van der Waals surface area contributed by atoms with Crippen LogP contribution in [0.1, 0.15) is 42.8 Å². The molecule has 86 valence electrons. The Morgan fingerprint density at radius 1 is 1.38 bits per heavy atom.